The van der Waals surface area contributed by atoms with E-state index in [2.05, 4.69) is 21.2 Å². The zero-order chi connectivity index (χ0) is 13.9. The third-order valence-electron chi connectivity index (χ3n) is 2.48. The van der Waals surface area contributed by atoms with E-state index >= 15 is 0 Å². The zero-order valence-corrected chi connectivity index (χ0v) is 12.3. The molecule has 98 valence electrons. The van der Waals surface area contributed by atoms with E-state index in [1.165, 1.54) is 6.07 Å². The van der Waals surface area contributed by atoms with Crippen molar-refractivity contribution in [3.05, 3.63) is 32.8 Å². The van der Waals surface area contributed by atoms with Crippen molar-refractivity contribution in [2.24, 2.45) is 0 Å². The van der Waals surface area contributed by atoms with E-state index in [0.717, 1.165) is 10.0 Å². The van der Waals surface area contributed by atoms with Crippen LogP contribution in [0.15, 0.2) is 16.6 Å². The van der Waals surface area contributed by atoms with Crippen molar-refractivity contribution in [1.29, 1.82) is 0 Å². The van der Waals surface area contributed by atoms with Gasteiger partial charge in [-0.25, -0.2) is 4.79 Å². The molecule has 0 spiro atoms. The highest BCUT2D eigenvalue weighted by Gasteiger charge is 2.19. The number of halogens is 2. The van der Waals surface area contributed by atoms with Gasteiger partial charge in [-0.2, -0.15) is 0 Å². The molecule has 1 aromatic rings. The summed E-state index contributed by atoms with van der Waals surface area (Å²) in [5.41, 5.74) is 1.16. The van der Waals surface area contributed by atoms with Gasteiger partial charge in [0.25, 0.3) is 5.91 Å². The first kappa shape index (κ1) is 15.0. The number of nitrogens with one attached hydrogen (secondary N) is 1. The first-order valence-corrected chi connectivity index (χ1v) is 6.53. The predicted octanol–water partition coefficient (Wildman–Crippen LogP) is 3.00. The lowest BCUT2D eigenvalue weighted by Gasteiger charge is -2.13. The summed E-state index contributed by atoms with van der Waals surface area (Å²) < 4.78 is 0.728. The van der Waals surface area contributed by atoms with E-state index < -0.39 is 17.9 Å². The number of carbonyl (C=O) groups excluding carboxylic acids is 1. The molecule has 0 saturated heterocycles. The Morgan fingerprint density at radius 2 is 2.11 bits per heavy atom. The van der Waals surface area contributed by atoms with Crippen LogP contribution in [-0.2, 0) is 4.79 Å². The van der Waals surface area contributed by atoms with Gasteiger partial charge in [-0.3, -0.25) is 4.79 Å². The Kier molecular flexibility index (Phi) is 5.16. The van der Waals surface area contributed by atoms with Gasteiger partial charge in [0.15, 0.2) is 0 Å². The highest BCUT2D eigenvalue weighted by atomic mass is 79.9. The lowest BCUT2D eigenvalue weighted by Crippen LogP contribution is -2.40. The Balaban J connectivity index is 2.94. The SMILES string of the molecule is CCC(NC(=O)c1cc(C)c(Br)c(Cl)c1)C(=O)O. The molecule has 2 N–H and O–H groups in total. The zero-order valence-electron chi connectivity index (χ0n) is 9.96. The molecule has 0 aromatic heterocycles. The Hall–Kier alpha value is -1.07. The first-order valence-electron chi connectivity index (χ1n) is 5.36. The van der Waals surface area contributed by atoms with Gasteiger partial charge in [0.2, 0.25) is 0 Å². The Morgan fingerprint density at radius 3 is 2.56 bits per heavy atom. The Bertz CT molecular complexity index is 467. The summed E-state index contributed by atoms with van der Waals surface area (Å²) in [5.74, 6) is -1.49. The van der Waals surface area contributed by atoms with Gasteiger partial charge in [-0.05, 0) is 47.0 Å². The van der Waals surface area contributed by atoms with Crippen molar-refractivity contribution in [2.45, 2.75) is 26.3 Å². The van der Waals surface area contributed by atoms with Gasteiger partial charge in [0.1, 0.15) is 6.04 Å². The van der Waals surface area contributed by atoms with Crippen LogP contribution in [0.5, 0.6) is 0 Å². The fourth-order valence-electron chi connectivity index (χ4n) is 1.44. The van der Waals surface area contributed by atoms with Crippen LogP contribution in [0, 0.1) is 6.92 Å². The second-order valence-corrected chi connectivity index (χ2v) is 5.06. The summed E-state index contributed by atoms with van der Waals surface area (Å²) in [7, 11) is 0. The molecule has 0 bridgehead atoms. The summed E-state index contributed by atoms with van der Waals surface area (Å²) >= 11 is 9.25. The van der Waals surface area contributed by atoms with Crippen molar-refractivity contribution >= 4 is 39.4 Å². The molecule has 18 heavy (non-hydrogen) atoms. The number of carbonyl (C=O) groups is 2. The van der Waals surface area contributed by atoms with Gasteiger partial charge < -0.3 is 10.4 Å². The third kappa shape index (κ3) is 3.46. The van der Waals surface area contributed by atoms with Crippen LogP contribution in [-0.4, -0.2) is 23.0 Å². The summed E-state index contributed by atoms with van der Waals surface area (Å²) in [4.78, 5) is 22.7. The van der Waals surface area contributed by atoms with E-state index in [4.69, 9.17) is 16.7 Å². The highest BCUT2D eigenvalue weighted by Crippen LogP contribution is 2.27. The lowest BCUT2D eigenvalue weighted by atomic mass is 10.1. The van der Waals surface area contributed by atoms with Crippen LogP contribution in [0.25, 0.3) is 0 Å². The van der Waals surface area contributed by atoms with Crippen LogP contribution in [0.3, 0.4) is 0 Å². The molecule has 1 rings (SSSR count). The normalized spacial score (nSPS) is 12.0. The van der Waals surface area contributed by atoms with E-state index in [9.17, 15) is 9.59 Å². The number of amides is 1. The summed E-state index contributed by atoms with van der Waals surface area (Å²) in [6.45, 7) is 3.50. The molecular weight excluding hydrogens is 321 g/mol. The molecule has 0 aliphatic carbocycles. The number of aliphatic carboxylic acids is 1. The van der Waals surface area contributed by atoms with E-state index in [0.29, 0.717) is 17.0 Å². The monoisotopic (exact) mass is 333 g/mol. The van der Waals surface area contributed by atoms with Gasteiger partial charge in [0.05, 0.1) is 5.02 Å². The molecule has 1 aromatic carbocycles. The quantitative estimate of drug-likeness (QED) is 0.889. The van der Waals surface area contributed by atoms with Gasteiger partial charge in [0, 0.05) is 10.0 Å². The van der Waals surface area contributed by atoms with Gasteiger partial charge in [-0.15, -0.1) is 0 Å². The molecule has 6 heteroatoms. The topological polar surface area (TPSA) is 66.4 Å². The molecule has 0 fully saturated rings. The maximum Gasteiger partial charge on any atom is 0.326 e. The first-order chi connectivity index (χ1) is 8.36. The predicted molar refractivity (Wildman–Crippen MR) is 73.1 cm³/mol. The number of rotatable bonds is 4. The summed E-state index contributed by atoms with van der Waals surface area (Å²) in [6.07, 6.45) is 0.324. The van der Waals surface area contributed by atoms with Crippen LogP contribution < -0.4 is 5.32 Å². The number of carboxylic acids is 1. The molecule has 0 heterocycles. The minimum atomic E-state index is -1.05. The maximum atomic E-state index is 11.9. The minimum absolute atomic E-state index is 0.324. The highest BCUT2D eigenvalue weighted by molar-refractivity contribution is 9.10. The molecule has 1 amide bonds. The van der Waals surface area contributed by atoms with Crippen molar-refractivity contribution in [2.75, 3.05) is 0 Å². The third-order valence-corrected chi connectivity index (χ3v) is 4.06. The van der Waals surface area contributed by atoms with Crippen LogP contribution >= 0.6 is 27.5 Å². The fraction of sp³-hybridized carbons (Fsp3) is 0.333. The number of hydrogen-bond donors (Lipinski definition) is 2. The molecule has 0 aliphatic rings. The minimum Gasteiger partial charge on any atom is -0.480 e. The molecule has 4 nitrogen and oxygen atoms in total. The molecule has 0 radical (unpaired) electrons. The molecule has 1 atom stereocenters. The van der Waals surface area contributed by atoms with Crippen LogP contribution in [0.2, 0.25) is 5.02 Å². The lowest BCUT2D eigenvalue weighted by molar-refractivity contribution is -0.139. The van der Waals surface area contributed by atoms with Crippen molar-refractivity contribution in [3.8, 4) is 0 Å². The van der Waals surface area contributed by atoms with E-state index in [1.54, 1.807) is 19.9 Å². The van der Waals surface area contributed by atoms with Crippen molar-refractivity contribution in [1.82, 2.24) is 5.32 Å². The van der Waals surface area contributed by atoms with Crippen molar-refractivity contribution < 1.29 is 14.7 Å². The number of aryl methyl sites for hydroxylation is 1. The average Bonchev–Trinajstić information content (AvgIpc) is 2.31. The van der Waals surface area contributed by atoms with E-state index in [1.807, 2.05) is 0 Å². The molecular formula is C12H13BrClNO3. The number of carboxylic acid groups (broad SMARTS) is 1. The molecule has 0 aliphatic heterocycles. The van der Waals surface area contributed by atoms with Gasteiger partial charge in [-0.1, -0.05) is 18.5 Å². The fourth-order valence-corrected chi connectivity index (χ4v) is 1.93. The summed E-state index contributed by atoms with van der Waals surface area (Å²) in [6, 6.07) is 2.27. The standard InChI is InChI=1S/C12H13BrClNO3/c1-3-9(12(17)18)15-11(16)7-4-6(2)10(13)8(14)5-7/h4-5,9H,3H2,1-2H3,(H,15,16)(H,17,18). The largest absolute Gasteiger partial charge is 0.480 e. The summed E-state index contributed by atoms with van der Waals surface area (Å²) in [5, 5.41) is 11.7. The average molecular weight is 335 g/mol. The van der Waals surface area contributed by atoms with Crippen molar-refractivity contribution in [3.63, 3.8) is 0 Å². The smallest absolute Gasteiger partial charge is 0.326 e. The second-order valence-electron chi connectivity index (χ2n) is 3.86. The molecule has 0 saturated carbocycles. The number of benzene rings is 1. The Labute approximate surface area is 118 Å². The Morgan fingerprint density at radius 1 is 1.50 bits per heavy atom. The second kappa shape index (κ2) is 6.20. The maximum absolute atomic E-state index is 11.9. The number of hydrogen-bond acceptors (Lipinski definition) is 2. The van der Waals surface area contributed by atoms with Gasteiger partial charge >= 0.3 is 5.97 Å². The van der Waals surface area contributed by atoms with Crippen LogP contribution in [0.1, 0.15) is 29.3 Å². The van der Waals surface area contributed by atoms with Crippen LogP contribution in [0.4, 0.5) is 0 Å². The van der Waals surface area contributed by atoms with E-state index in [-0.39, 0.29) is 0 Å². The molecule has 1 unspecified atom stereocenters.